The van der Waals surface area contributed by atoms with Crippen LogP contribution in [0.1, 0.15) is 36.9 Å². The molecule has 1 aromatic carbocycles. The third kappa shape index (κ3) is 3.00. The molecule has 0 bridgehead atoms. The van der Waals surface area contributed by atoms with Gasteiger partial charge in [0.15, 0.2) is 0 Å². The number of nitriles is 1. The van der Waals surface area contributed by atoms with Gasteiger partial charge in [0.2, 0.25) is 0 Å². The summed E-state index contributed by atoms with van der Waals surface area (Å²) in [6, 6.07) is 6.61. The predicted molar refractivity (Wildman–Crippen MR) is 89.3 cm³/mol. The van der Waals surface area contributed by atoms with Crippen molar-refractivity contribution in [1.82, 2.24) is 9.78 Å². The Hall–Kier alpha value is -2.39. The van der Waals surface area contributed by atoms with Gasteiger partial charge in [0, 0.05) is 43.8 Å². The van der Waals surface area contributed by atoms with Crippen molar-refractivity contribution in [3.63, 3.8) is 0 Å². The molecule has 2 aromatic rings. The number of nitrogens with zero attached hydrogens (tertiary/aromatic N) is 4. The van der Waals surface area contributed by atoms with Crippen molar-refractivity contribution < 1.29 is 9.50 Å². The number of benzene rings is 1. The third-order valence-electron chi connectivity index (χ3n) is 4.67. The molecule has 3 rings (SSSR count). The van der Waals surface area contributed by atoms with Crippen LogP contribution in [0.4, 0.5) is 10.1 Å². The third-order valence-corrected chi connectivity index (χ3v) is 4.67. The zero-order chi connectivity index (χ0) is 17.3. The van der Waals surface area contributed by atoms with Gasteiger partial charge in [0.05, 0.1) is 17.4 Å². The normalized spacial score (nSPS) is 20.6. The van der Waals surface area contributed by atoms with Gasteiger partial charge in [-0.15, -0.1) is 0 Å². The number of hydrogen-bond acceptors (Lipinski definition) is 4. The summed E-state index contributed by atoms with van der Waals surface area (Å²) >= 11 is 0. The van der Waals surface area contributed by atoms with E-state index in [0.717, 1.165) is 11.3 Å². The Morgan fingerprint density at radius 3 is 2.83 bits per heavy atom. The molecule has 2 atom stereocenters. The molecule has 0 spiro atoms. The first-order valence-electron chi connectivity index (χ1n) is 8.13. The van der Waals surface area contributed by atoms with Crippen molar-refractivity contribution >= 4 is 5.69 Å². The average molecular weight is 328 g/mol. The van der Waals surface area contributed by atoms with Gasteiger partial charge < -0.3 is 10.0 Å². The number of anilines is 1. The Kier molecular flexibility index (Phi) is 4.54. The molecule has 24 heavy (non-hydrogen) atoms. The topological polar surface area (TPSA) is 65.1 Å². The highest BCUT2D eigenvalue weighted by Gasteiger charge is 2.35. The van der Waals surface area contributed by atoms with E-state index in [1.54, 1.807) is 6.07 Å². The van der Waals surface area contributed by atoms with E-state index in [9.17, 15) is 14.8 Å². The molecule has 126 valence electrons. The molecule has 0 unspecified atom stereocenters. The highest BCUT2D eigenvalue weighted by Crippen LogP contribution is 2.36. The summed E-state index contributed by atoms with van der Waals surface area (Å²) in [6.07, 6.45) is 3.88. The molecule has 5 nitrogen and oxygen atoms in total. The largest absolute Gasteiger partial charge is 0.396 e. The van der Waals surface area contributed by atoms with Crippen LogP contribution in [0, 0.1) is 23.1 Å². The molecule has 0 saturated carbocycles. The second-order valence-corrected chi connectivity index (χ2v) is 6.57. The lowest BCUT2D eigenvalue weighted by Gasteiger charge is -2.19. The number of aliphatic hydroxyl groups is 1. The Balaban J connectivity index is 1.88. The number of aromatic nitrogens is 2. The fourth-order valence-corrected chi connectivity index (χ4v) is 3.33. The maximum absolute atomic E-state index is 13.4. The second-order valence-electron chi connectivity index (χ2n) is 6.57. The number of halogens is 1. The molecule has 1 aromatic heterocycles. The zero-order valence-corrected chi connectivity index (χ0v) is 13.9. The van der Waals surface area contributed by atoms with Gasteiger partial charge in [0.1, 0.15) is 11.9 Å². The van der Waals surface area contributed by atoms with Crippen LogP contribution < -0.4 is 4.90 Å². The van der Waals surface area contributed by atoms with Crippen LogP contribution in [-0.4, -0.2) is 34.6 Å². The summed E-state index contributed by atoms with van der Waals surface area (Å²) < 4.78 is 15.3. The molecular formula is C18H21FN4O. The molecule has 0 aliphatic carbocycles. The minimum Gasteiger partial charge on any atom is -0.396 e. The van der Waals surface area contributed by atoms with Crippen molar-refractivity contribution in [1.29, 1.82) is 5.26 Å². The maximum atomic E-state index is 13.4. The quantitative estimate of drug-likeness (QED) is 0.937. The Bertz CT molecular complexity index is 765. The minimum absolute atomic E-state index is 0.0615. The van der Waals surface area contributed by atoms with Crippen molar-refractivity contribution in [2.24, 2.45) is 5.92 Å². The Labute approximate surface area is 140 Å². The summed E-state index contributed by atoms with van der Waals surface area (Å²) in [6.45, 7) is 5.51. The van der Waals surface area contributed by atoms with Gasteiger partial charge in [-0.1, -0.05) is 0 Å². The minimum atomic E-state index is -0.414. The van der Waals surface area contributed by atoms with E-state index in [0.29, 0.717) is 18.7 Å². The fraction of sp³-hybridized carbons (Fsp3) is 0.444. The average Bonchev–Trinajstić information content (AvgIpc) is 3.21. The van der Waals surface area contributed by atoms with E-state index in [-0.39, 0.29) is 24.5 Å². The second kappa shape index (κ2) is 6.62. The van der Waals surface area contributed by atoms with Crippen LogP contribution in [-0.2, 0) is 0 Å². The predicted octanol–water partition coefficient (Wildman–Crippen LogP) is 2.69. The molecule has 1 N–H and O–H groups in total. The van der Waals surface area contributed by atoms with Gasteiger partial charge >= 0.3 is 0 Å². The molecule has 0 amide bonds. The Morgan fingerprint density at radius 2 is 2.21 bits per heavy atom. The summed E-state index contributed by atoms with van der Waals surface area (Å²) in [7, 11) is 0. The van der Waals surface area contributed by atoms with E-state index < -0.39 is 5.82 Å². The molecule has 1 aliphatic rings. The molecule has 2 heterocycles. The van der Waals surface area contributed by atoms with Gasteiger partial charge in [-0.25, -0.2) is 4.39 Å². The SMILES string of the molecule is CC(C)n1cc([C@@H]2CN(c3ccc(F)cc3C#N)C[C@H]2CO)cn1. The highest BCUT2D eigenvalue weighted by molar-refractivity contribution is 5.60. The van der Waals surface area contributed by atoms with Gasteiger partial charge in [-0.2, -0.15) is 10.4 Å². The summed E-state index contributed by atoms with van der Waals surface area (Å²) in [4.78, 5) is 2.05. The first-order valence-corrected chi connectivity index (χ1v) is 8.13. The lowest BCUT2D eigenvalue weighted by atomic mass is 9.92. The number of aliphatic hydroxyl groups excluding tert-OH is 1. The molecular weight excluding hydrogens is 307 g/mol. The summed E-state index contributed by atoms with van der Waals surface area (Å²) in [5.74, 6) is -0.214. The first kappa shape index (κ1) is 16.5. The van der Waals surface area contributed by atoms with Crippen LogP contribution in [0.25, 0.3) is 0 Å². The molecule has 0 radical (unpaired) electrons. The Morgan fingerprint density at radius 1 is 1.42 bits per heavy atom. The van der Waals surface area contributed by atoms with Crippen molar-refractivity contribution in [3.8, 4) is 6.07 Å². The van der Waals surface area contributed by atoms with E-state index in [1.165, 1.54) is 12.1 Å². The first-order chi connectivity index (χ1) is 11.5. The van der Waals surface area contributed by atoms with Crippen molar-refractivity contribution in [2.75, 3.05) is 24.6 Å². The smallest absolute Gasteiger partial charge is 0.124 e. The van der Waals surface area contributed by atoms with E-state index in [2.05, 4.69) is 29.9 Å². The standard InChI is InChI=1S/C18H21FN4O/c1-12(2)23-9-14(7-21-23)17-10-22(8-15(17)11-24)18-4-3-16(19)5-13(18)6-20/h3-5,7,9,12,15,17,24H,8,10-11H2,1-2H3/t15-,17-/m0/s1. The molecule has 1 saturated heterocycles. The molecule has 1 aliphatic heterocycles. The lowest BCUT2D eigenvalue weighted by Crippen LogP contribution is -2.21. The van der Waals surface area contributed by atoms with Crippen LogP contribution >= 0.6 is 0 Å². The monoisotopic (exact) mass is 328 g/mol. The zero-order valence-electron chi connectivity index (χ0n) is 13.9. The summed E-state index contributed by atoms with van der Waals surface area (Å²) in [5.41, 5.74) is 2.13. The van der Waals surface area contributed by atoms with Gasteiger partial charge in [-0.3, -0.25) is 4.68 Å². The summed E-state index contributed by atoms with van der Waals surface area (Å²) in [5, 5.41) is 23.4. The van der Waals surface area contributed by atoms with Crippen LogP contribution in [0.3, 0.4) is 0 Å². The van der Waals surface area contributed by atoms with Crippen molar-refractivity contribution in [2.45, 2.75) is 25.8 Å². The van der Waals surface area contributed by atoms with Gasteiger partial charge in [0.25, 0.3) is 0 Å². The van der Waals surface area contributed by atoms with Crippen molar-refractivity contribution in [3.05, 3.63) is 47.5 Å². The van der Waals surface area contributed by atoms with E-state index in [4.69, 9.17) is 0 Å². The highest BCUT2D eigenvalue weighted by atomic mass is 19.1. The van der Waals surface area contributed by atoms with Gasteiger partial charge in [-0.05, 0) is 37.6 Å². The van der Waals surface area contributed by atoms with Crippen LogP contribution in [0.15, 0.2) is 30.6 Å². The fourth-order valence-electron chi connectivity index (χ4n) is 3.33. The van der Waals surface area contributed by atoms with E-state index in [1.807, 2.05) is 17.1 Å². The maximum Gasteiger partial charge on any atom is 0.124 e. The van der Waals surface area contributed by atoms with Crippen LogP contribution in [0.2, 0.25) is 0 Å². The lowest BCUT2D eigenvalue weighted by molar-refractivity contribution is 0.227. The number of rotatable bonds is 4. The molecule has 1 fully saturated rings. The van der Waals surface area contributed by atoms with E-state index >= 15 is 0 Å². The van der Waals surface area contributed by atoms with Crippen LogP contribution in [0.5, 0.6) is 0 Å². The molecule has 6 heteroatoms. The number of hydrogen-bond donors (Lipinski definition) is 1.